The number of amides is 2. The number of carbonyl (C=O) groups excluding carboxylic acids is 2. The molecule has 33 heavy (non-hydrogen) atoms. The van der Waals surface area contributed by atoms with Crippen LogP contribution < -0.4 is 20.1 Å². The van der Waals surface area contributed by atoms with E-state index in [0.717, 1.165) is 0 Å². The van der Waals surface area contributed by atoms with Crippen LogP contribution in [0.2, 0.25) is 5.02 Å². The number of aromatic nitrogens is 3. The molecule has 0 saturated heterocycles. The van der Waals surface area contributed by atoms with E-state index in [0.29, 0.717) is 45.3 Å². The van der Waals surface area contributed by atoms with Gasteiger partial charge in [0.05, 0.1) is 11.8 Å². The number of benzene rings is 2. The fourth-order valence-electron chi connectivity index (χ4n) is 3.15. The number of halogens is 1. The fraction of sp³-hybridized carbons (Fsp3) is 0.273. The number of thioether (sulfide) groups is 1. The standard InChI is InChI=1S/C22H22ClN5O4S/c1-3-28-19(11-24-21(30)14-4-6-15(23)7-5-14)26-27-22(28)33-13(2)20(29)25-16-8-9-17-18(10-16)32-12-31-17/h4-10,13H,3,11-12H2,1-2H3,(H,24,30)(H,25,29). The van der Waals surface area contributed by atoms with E-state index in [1.54, 1.807) is 49.4 Å². The lowest BCUT2D eigenvalue weighted by Crippen LogP contribution is -2.25. The predicted molar refractivity (Wildman–Crippen MR) is 125 cm³/mol. The first-order valence-corrected chi connectivity index (χ1v) is 11.5. The number of ether oxygens (including phenoxy) is 2. The molecular weight excluding hydrogens is 466 g/mol. The zero-order chi connectivity index (χ0) is 23.4. The molecule has 4 rings (SSSR count). The molecule has 0 aliphatic carbocycles. The van der Waals surface area contributed by atoms with Crippen LogP contribution >= 0.6 is 23.4 Å². The average molecular weight is 488 g/mol. The number of nitrogens with zero attached hydrogens (tertiary/aromatic N) is 3. The summed E-state index contributed by atoms with van der Waals surface area (Å²) in [6.07, 6.45) is 0. The van der Waals surface area contributed by atoms with Gasteiger partial charge >= 0.3 is 0 Å². The number of anilines is 1. The number of hydrogen-bond donors (Lipinski definition) is 2. The van der Waals surface area contributed by atoms with E-state index < -0.39 is 5.25 Å². The van der Waals surface area contributed by atoms with Crippen molar-refractivity contribution in [3.63, 3.8) is 0 Å². The Morgan fingerprint density at radius 1 is 1.15 bits per heavy atom. The zero-order valence-corrected chi connectivity index (χ0v) is 19.6. The lowest BCUT2D eigenvalue weighted by atomic mass is 10.2. The summed E-state index contributed by atoms with van der Waals surface area (Å²) in [5, 5.41) is 14.9. The Kier molecular flexibility index (Phi) is 7.05. The second-order valence-corrected chi connectivity index (χ2v) is 8.89. The van der Waals surface area contributed by atoms with Gasteiger partial charge in [0, 0.05) is 28.9 Å². The van der Waals surface area contributed by atoms with Crippen LogP contribution in [-0.4, -0.2) is 38.6 Å². The minimum atomic E-state index is -0.429. The first kappa shape index (κ1) is 22.9. The third kappa shape index (κ3) is 5.40. The minimum Gasteiger partial charge on any atom is -0.454 e. The molecule has 1 aromatic heterocycles. The molecule has 0 bridgehead atoms. The first-order chi connectivity index (χ1) is 15.9. The van der Waals surface area contributed by atoms with Crippen LogP contribution in [0.3, 0.4) is 0 Å². The Morgan fingerprint density at radius 2 is 1.91 bits per heavy atom. The Hall–Kier alpha value is -3.24. The Morgan fingerprint density at radius 3 is 2.67 bits per heavy atom. The molecule has 3 aromatic rings. The Labute approximate surface area is 199 Å². The van der Waals surface area contributed by atoms with Crippen molar-refractivity contribution in [1.29, 1.82) is 0 Å². The molecule has 11 heteroatoms. The molecule has 1 aliphatic heterocycles. The van der Waals surface area contributed by atoms with Gasteiger partial charge in [0.1, 0.15) is 0 Å². The second-order valence-electron chi connectivity index (χ2n) is 7.15. The molecule has 172 valence electrons. The molecule has 9 nitrogen and oxygen atoms in total. The molecular formula is C22H22ClN5O4S. The van der Waals surface area contributed by atoms with Gasteiger partial charge in [-0.3, -0.25) is 9.59 Å². The smallest absolute Gasteiger partial charge is 0.251 e. The van der Waals surface area contributed by atoms with E-state index in [4.69, 9.17) is 21.1 Å². The maximum Gasteiger partial charge on any atom is 0.251 e. The van der Waals surface area contributed by atoms with Gasteiger partial charge in [-0.2, -0.15) is 0 Å². The van der Waals surface area contributed by atoms with E-state index in [1.165, 1.54) is 11.8 Å². The van der Waals surface area contributed by atoms with Crippen molar-refractivity contribution in [2.75, 3.05) is 12.1 Å². The monoisotopic (exact) mass is 487 g/mol. The minimum absolute atomic E-state index is 0.175. The van der Waals surface area contributed by atoms with E-state index in [1.807, 2.05) is 11.5 Å². The van der Waals surface area contributed by atoms with Crippen molar-refractivity contribution in [3.8, 4) is 11.5 Å². The lowest BCUT2D eigenvalue weighted by Gasteiger charge is -2.13. The highest BCUT2D eigenvalue weighted by atomic mass is 35.5. The van der Waals surface area contributed by atoms with Crippen molar-refractivity contribution in [3.05, 3.63) is 58.9 Å². The zero-order valence-electron chi connectivity index (χ0n) is 18.0. The normalized spacial score (nSPS) is 12.9. The number of fused-ring (bicyclic) bond motifs is 1. The van der Waals surface area contributed by atoms with Crippen LogP contribution in [-0.2, 0) is 17.9 Å². The molecule has 0 spiro atoms. The summed E-state index contributed by atoms with van der Waals surface area (Å²) >= 11 is 7.16. The molecule has 0 radical (unpaired) electrons. The summed E-state index contributed by atoms with van der Waals surface area (Å²) in [7, 11) is 0. The number of hydrogen-bond acceptors (Lipinski definition) is 7. The maximum atomic E-state index is 12.7. The van der Waals surface area contributed by atoms with Gasteiger partial charge < -0.3 is 24.7 Å². The first-order valence-electron chi connectivity index (χ1n) is 10.3. The number of rotatable bonds is 8. The molecule has 2 amide bonds. The summed E-state index contributed by atoms with van der Waals surface area (Å²) < 4.78 is 12.5. The van der Waals surface area contributed by atoms with Crippen LogP contribution in [0, 0.1) is 0 Å². The van der Waals surface area contributed by atoms with E-state index in [2.05, 4.69) is 20.8 Å². The van der Waals surface area contributed by atoms with Gasteiger partial charge in [0.15, 0.2) is 22.5 Å². The van der Waals surface area contributed by atoms with Gasteiger partial charge in [-0.15, -0.1) is 10.2 Å². The van der Waals surface area contributed by atoms with Gasteiger partial charge in [-0.05, 0) is 50.2 Å². The van der Waals surface area contributed by atoms with Crippen LogP contribution in [0.4, 0.5) is 5.69 Å². The van der Waals surface area contributed by atoms with Crippen molar-refractivity contribution < 1.29 is 19.1 Å². The number of nitrogens with one attached hydrogen (secondary N) is 2. The van der Waals surface area contributed by atoms with E-state index in [9.17, 15) is 9.59 Å². The molecule has 1 atom stereocenters. The lowest BCUT2D eigenvalue weighted by molar-refractivity contribution is -0.115. The summed E-state index contributed by atoms with van der Waals surface area (Å²) in [5.74, 6) is 1.45. The molecule has 0 saturated carbocycles. The van der Waals surface area contributed by atoms with Crippen LogP contribution in [0.15, 0.2) is 47.6 Å². The molecule has 2 heterocycles. The fourth-order valence-corrected chi connectivity index (χ4v) is 4.20. The highest BCUT2D eigenvalue weighted by molar-refractivity contribution is 8.00. The third-order valence-electron chi connectivity index (χ3n) is 4.91. The van der Waals surface area contributed by atoms with Gasteiger partial charge in [0.25, 0.3) is 5.91 Å². The van der Waals surface area contributed by atoms with E-state index in [-0.39, 0.29) is 25.2 Å². The molecule has 2 N–H and O–H groups in total. The SMILES string of the molecule is CCn1c(CNC(=O)c2ccc(Cl)cc2)nnc1SC(C)C(=O)Nc1ccc2c(c1)OCO2. The second kappa shape index (κ2) is 10.1. The Balaban J connectivity index is 1.36. The van der Waals surface area contributed by atoms with Crippen LogP contribution in [0.1, 0.15) is 30.0 Å². The molecule has 2 aromatic carbocycles. The van der Waals surface area contributed by atoms with Crippen LogP contribution in [0.25, 0.3) is 0 Å². The third-order valence-corrected chi connectivity index (χ3v) is 6.25. The molecule has 1 aliphatic rings. The molecule has 1 unspecified atom stereocenters. The highest BCUT2D eigenvalue weighted by Gasteiger charge is 2.21. The number of carbonyl (C=O) groups is 2. The van der Waals surface area contributed by atoms with Crippen molar-refractivity contribution >= 4 is 40.9 Å². The largest absolute Gasteiger partial charge is 0.454 e. The summed E-state index contributed by atoms with van der Waals surface area (Å²) in [4.78, 5) is 25.1. The van der Waals surface area contributed by atoms with Gasteiger partial charge in [0.2, 0.25) is 12.7 Å². The van der Waals surface area contributed by atoms with Gasteiger partial charge in [-0.1, -0.05) is 23.4 Å². The van der Waals surface area contributed by atoms with Crippen molar-refractivity contribution in [2.24, 2.45) is 0 Å². The van der Waals surface area contributed by atoms with Crippen molar-refractivity contribution in [2.45, 2.75) is 37.3 Å². The topological polar surface area (TPSA) is 107 Å². The predicted octanol–water partition coefficient (Wildman–Crippen LogP) is 3.73. The average Bonchev–Trinajstić information content (AvgIpc) is 3.43. The highest BCUT2D eigenvalue weighted by Crippen LogP contribution is 2.34. The quantitative estimate of drug-likeness (QED) is 0.466. The summed E-state index contributed by atoms with van der Waals surface area (Å²) in [6.45, 7) is 4.73. The Bertz CT molecular complexity index is 1170. The summed E-state index contributed by atoms with van der Waals surface area (Å²) in [6, 6.07) is 11.9. The van der Waals surface area contributed by atoms with Crippen molar-refractivity contribution in [1.82, 2.24) is 20.1 Å². The summed E-state index contributed by atoms with van der Waals surface area (Å²) in [5.41, 5.74) is 1.13. The maximum absolute atomic E-state index is 12.7. The van der Waals surface area contributed by atoms with Crippen LogP contribution in [0.5, 0.6) is 11.5 Å². The molecule has 0 fully saturated rings. The van der Waals surface area contributed by atoms with E-state index >= 15 is 0 Å². The van der Waals surface area contributed by atoms with Gasteiger partial charge in [-0.25, -0.2) is 0 Å².